The van der Waals surface area contributed by atoms with Crippen LogP contribution in [0.4, 0.5) is 0 Å². The van der Waals surface area contributed by atoms with Crippen molar-refractivity contribution < 1.29 is 117 Å². The molecular weight excluding hydrogens is 1300 g/mol. The van der Waals surface area contributed by atoms with Gasteiger partial charge in [0.1, 0.15) is 98.7 Å². The van der Waals surface area contributed by atoms with E-state index in [4.69, 9.17) is 42.2 Å². The summed E-state index contributed by atoms with van der Waals surface area (Å²) in [5.41, 5.74) is 0. The second-order valence-corrected chi connectivity index (χ2v) is 29.8. The summed E-state index contributed by atoms with van der Waals surface area (Å²) in [5.74, 6) is -1.97. The van der Waals surface area contributed by atoms with Gasteiger partial charge in [-0.2, -0.15) is 0 Å². The highest BCUT2D eigenvalue weighted by Gasteiger charge is 2.58. The predicted molar refractivity (Wildman–Crippen MR) is 375 cm³/mol. The normalized spacial score (nSPS) is 27.4. The van der Waals surface area contributed by atoms with Crippen LogP contribution in [0.2, 0.25) is 0 Å². The van der Waals surface area contributed by atoms with Gasteiger partial charge in [0.2, 0.25) is 0 Å². The van der Waals surface area contributed by atoms with Gasteiger partial charge >= 0.3 is 25.7 Å². The molecular formula is C74H139O24P. The first-order valence-corrected chi connectivity index (χ1v) is 40.8. The second kappa shape index (κ2) is 56.3. The number of carbonyl (C=O) groups excluding carboxylic acids is 3. The molecule has 0 aromatic rings. The number of carbonyl (C=O) groups is 3. The summed E-state index contributed by atoms with van der Waals surface area (Å²) >= 11 is 0. The minimum atomic E-state index is -5.69. The summed E-state index contributed by atoms with van der Waals surface area (Å²) in [6.45, 7) is 3.49. The van der Waals surface area contributed by atoms with Gasteiger partial charge in [-0.3, -0.25) is 23.4 Å². The van der Waals surface area contributed by atoms with E-state index >= 15 is 0 Å². The Morgan fingerprint density at radius 3 is 0.990 bits per heavy atom. The molecule has 3 rings (SSSR count). The average Bonchev–Trinajstić information content (AvgIpc) is 0.763. The molecule has 18 unspecified atom stereocenters. The minimum absolute atomic E-state index is 0.0329. The van der Waals surface area contributed by atoms with E-state index in [2.05, 4.69) is 20.8 Å². The van der Waals surface area contributed by atoms with Gasteiger partial charge in [-0.05, 0) is 19.3 Å². The van der Waals surface area contributed by atoms with E-state index in [1.807, 2.05) is 0 Å². The van der Waals surface area contributed by atoms with E-state index in [9.17, 15) is 74.9 Å². The number of aliphatic hydroxyl groups is 10. The standard InChI is InChI=1S/C74H139O24P/c1-4-7-10-13-16-19-22-25-27-29-31-34-37-40-43-46-49-59(77)91-54-57-62(80)64(82)69(87)74(95-57)97-71-67(85)65(83)66(84)70(96-73-68(86)63(81)61(79)56(51-75)94-73)72(71)98-99(88,89)92-53-55(52-90-58(76)48-45-42-39-36-33-30-24-21-18-15-12-9-6-3)93-60(78)50-47-44-41-38-35-32-28-26-23-20-17-14-11-8-5-2/h55-57,61-75,79-87H,4-54H2,1-3H3,(H,88,89). The maximum absolute atomic E-state index is 14.3. The van der Waals surface area contributed by atoms with Crippen LogP contribution in [-0.2, 0) is 61.2 Å². The lowest BCUT2D eigenvalue weighted by atomic mass is 9.84. The van der Waals surface area contributed by atoms with Gasteiger partial charge in [0, 0.05) is 19.3 Å². The monoisotopic (exact) mass is 1440 g/mol. The van der Waals surface area contributed by atoms with Crippen LogP contribution in [0.15, 0.2) is 0 Å². The summed E-state index contributed by atoms with van der Waals surface area (Å²) < 4.78 is 65.1. The van der Waals surface area contributed by atoms with Crippen LogP contribution in [0.25, 0.3) is 0 Å². The zero-order valence-corrected chi connectivity index (χ0v) is 61.9. The van der Waals surface area contributed by atoms with Crippen molar-refractivity contribution in [3.05, 3.63) is 0 Å². The molecule has 0 spiro atoms. The lowest BCUT2D eigenvalue weighted by Crippen LogP contribution is -2.69. The first-order chi connectivity index (χ1) is 47.8. The van der Waals surface area contributed by atoms with Crippen LogP contribution in [0.3, 0.4) is 0 Å². The number of hydrogen-bond donors (Lipinski definition) is 11. The number of ether oxygens (including phenoxy) is 7. The third kappa shape index (κ3) is 39.2. The first kappa shape index (κ1) is 91.2. The van der Waals surface area contributed by atoms with Gasteiger partial charge in [-0.25, -0.2) is 4.57 Å². The number of rotatable bonds is 62. The van der Waals surface area contributed by atoms with Crippen molar-refractivity contribution in [2.24, 2.45) is 0 Å². The number of phosphoric acid groups is 1. The predicted octanol–water partition coefficient (Wildman–Crippen LogP) is 11.4. The Labute approximate surface area is 593 Å². The summed E-state index contributed by atoms with van der Waals surface area (Å²) in [7, 11) is -5.69. The average molecular weight is 1440 g/mol. The molecule has 3 aliphatic rings. The summed E-state index contributed by atoms with van der Waals surface area (Å²) in [5, 5.41) is 110. The van der Waals surface area contributed by atoms with Crippen molar-refractivity contribution in [3.8, 4) is 0 Å². The molecule has 0 aromatic heterocycles. The largest absolute Gasteiger partial charge is 0.472 e. The molecule has 3 fully saturated rings. The van der Waals surface area contributed by atoms with Gasteiger partial charge in [0.15, 0.2) is 18.7 Å². The smallest absolute Gasteiger partial charge is 0.463 e. The second-order valence-electron chi connectivity index (χ2n) is 28.4. The van der Waals surface area contributed by atoms with E-state index in [1.165, 1.54) is 173 Å². The zero-order chi connectivity index (χ0) is 72.5. The molecule has 2 saturated heterocycles. The van der Waals surface area contributed by atoms with Crippen molar-refractivity contribution in [1.29, 1.82) is 0 Å². The Bertz CT molecular complexity index is 2050. The van der Waals surface area contributed by atoms with E-state index in [0.29, 0.717) is 19.3 Å². The molecule has 0 amide bonds. The molecule has 0 radical (unpaired) electrons. The highest BCUT2D eigenvalue weighted by atomic mass is 31.2. The molecule has 25 heteroatoms. The Morgan fingerprint density at radius 2 is 0.646 bits per heavy atom. The maximum Gasteiger partial charge on any atom is 0.472 e. The first-order valence-electron chi connectivity index (χ1n) is 39.3. The fourth-order valence-electron chi connectivity index (χ4n) is 13.2. The van der Waals surface area contributed by atoms with Gasteiger partial charge in [-0.15, -0.1) is 0 Å². The van der Waals surface area contributed by atoms with Gasteiger partial charge < -0.3 is 89.1 Å². The molecule has 0 bridgehead atoms. The minimum Gasteiger partial charge on any atom is -0.463 e. The van der Waals surface area contributed by atoms with E-state index in [0.717, 1.165) is 89.9 Å². The van der Waals surface area contributed by atoms with Crippen molar-refractivity contribution in [1.82, 2.24) is 0 Å². The van der Waals surface area contributed by atoms with Crippen molar-refractivity contribution in [2.45, 2.75) is 427 Å². The molecule has 18 atom stereocenters. The molecule has 584 valence electrons. The Kier molecular flexibility index (Phi) is 51.9. The van der Waals surface area contributed by atoms with Crippen molar-refractivity contribution in [2.75, 3.05) is 26.4 Å². The molecule has 99 heavy (non-hydrogen) atoms. The molecule has 24 nitrogen and oxygen atoms in total. The molecule has 0 aromatic carbocycles. The van der Waals surface area contributed by atoms with Gasteiger partial charge in [0.05, 0.1) is 13.2 Å². The Morgan fingerprint density at radius 1 is 0.354 bits per heavy atom. The topological polar surface area (TPSA) is 374 Å². The quantitative estimate of drug-likeness (QED) is 0.0117. The van der Waals surface area contributed by atoms with Crippen LogP contribution in [0.1, 0.15) is 323 Å². The van der Waals surface area contributed by atoms with Gasteiger partial charge in [0.25, 0.3) is 0 Å². The van der Waals surface area contributed by atoms with Crippen LogP contribution >= 0.6 is 7.82 Å². The number of aliphatic hydroxyl groups excluding tert-OH is 10. The number of phosphoric ester groups is 1. The summed E-state index contributed by atoms with van der Waals surface area (Å²) in [6.07, 6.45) is 14.4. The van der Waals surface area contributed by atoms with Crippen molar-refractivity contribution >= 4 is 25.7 Å². The summed E-state index contributed by atoms with van der Waals surface area (Å²) in [4.78, 5) is 51.1. The molecule has 2 heterocycles. The van der Waals surface area contributed by atoms with E-state index < -0.39 is 156 Å². The lowest BCUT2D eigenvalue weighted by molar-refractivity contribution is -0.360. The zero-order valence-electron chi connectivity index (χ0n) is 61.1. The molecule has 1 saturated carbocycles. The highest BCUT2D eigenvalue weighted by molar-refractivity contribution is 7.47. The third-order valence-corrected chi connectivity index (χ3v) is 20.6. The number of hydrogen-bond acceptors (Lipinski definition) is 23. The van der Waals surface area contributed by atoms with Crippen LogP contribution in [0, 0.1) is 0 Å². The summed E-state index contributed by atoms with van der Waals surface area (Å²) in [6, 6.07) is 0. The highest BCUT2D eigenvalue weighted by Crippen LogP contribution is 2.49. The maximum atomic E-state index is 14.3. The number of unbranched alkanes of at least 4 members (excludes halogenated alkanes) is 41. The molecule has 1 aliphatic carbocycles. The van der Waals surface area contributed by atoms with Crippen LogP contribution in [0.5, 0.6) is 0 Å². The molecule has 2 aliphatic heterocycles. The van der Waals surface area contributed by atoms with E-state index in [1.54, 1.807) is 0 Å². The van der Waals surface area contributed by atoms with Crippen molar-refractivity contribution in [3.63, 3.8) is 0 Å². The Hall–Kier alpha value is -2.04. The third-order valence-electron chi connectivity index (χ3n) is 19.6. The number of esters is 3. The van der Waals surface area contributed by atoms with Crippen LogP contribution in [-0.4, -0.2) is 204 Å². The van der Waals surface area contributed by atoms with E-state index in [-0.39, 0.29) is 19.3 Å². The fourth-order valence-corrected chi connectivity index (χ4v) is 14.2. The fraction of sp³-hybridized carbons (Fsp3) is 0.959. The van der Waals surface area contributed by atoms with Gasteiger partial charge in [-0.1, -0.05) is 284 Å². The Balaban J connectivity index is 1.71. The SMILES string of the molecule is CCCCCCCCCCCCCCCCCCC(=O)OCC1OC(OC2C(O)C(O)C(O)C(OC3OC(CO)C(O)C(O)C3O)C2OP(=O)(O)OCC(COC(=O)CCCCCCCCCCCCCCC)OC(=O)CCCCCCCCCCCCCCCCC)C(O)C(O)C1O. The molecule has 11 N–H and O–H groups in total. The van der Waals surface area contributed by atoms with Crippen LogP contribution < -0.4 is 0 Å². The lowest BCUT2D eigenvalue weighted by Gasteiger charge is -2.49.